The highest BCUT2D eigenvalue weighted by molar-refractivity contribution is 9.10. The van der Waals surface area contributed by atoms with E-state index in [1.807, 2.05) is 13.8 Å². The molecule has 4 nitrogen and oxygen atoms in total. The van der Waals surface area contributed by atoms with Gasteiger partial charge < -0.3 is 4.74 Å². The first-order valence-electron chi connectivity index (χ1n) is 4.49. The van der Waals surface area contributed by atoms with Crippen molar-refractivity contribution in [2.75, 3.05) is 0 Å². The van der Waals surface area contributed by atoms with Crippen molar-refractivity contribution in [1.82, 2.24) is 0 Å². The lowest BCUT2D eigenvalue weighted by Gasteiger charge is -2.08. The van der Waals surface area contributed by atoms with E-state index in [9.17, 15) is 23.3 Å². The second-order valence-corrected chi connectivity index (χ2v) is 3.33. The van der Waals surface area contributed by atoms with Crippen LogP contribution in [0.2, 0.25) is 0 Å². The van der Waals surface area contributed by atoms with Crippen LogP contribution in [0.4, 0.5) is 18.9 Å². The van der Waals surface area contributed by atoms with Crippen molar-refractivity contribution in [3.63, 3.8) is 0 Å². The maximum Gasteiger partial charge on any atom is 0.573 e. The maximum absolute atomic E-state index is 11.8. The van der Waals surface area contributed by atoms with Crippen LogP contribution in [0, 0.1) is 10.1 Å². The van der Waals surface area contributed by atoms with E-state index in [0.717, 1.165) is 12.1 Å². The maximum atomic E-state index is 11.8. The van der Waals surface area contributed by atoms with Crippen LogP contribution in [0.3, 0.4) is 0 Å². The Morgan fingerprint density at radius 3 is 2.29 bits per heavy atom. The van der Waals surface area contributed by atoms with Gasteiger partial charge in [-0.05, 0) is 12.1 Å². The van der Waals surface area contributed by atoms with Gasteiger partial charge in [-0.3, -0.25) is 10.1 Å². The van der Waals surface area contributed by atoms with Crippen LogP contribution in [0.1, 0.15) is 13.8 Å². The molecule has 0 saturated heterocycles. The molecule has 8 heteroatoms. The van der Waals surface area contributed by atoms with Gasteiger partial charge in [0.15, 0.2) is 0 Å². The van der Waals surface area contributed by atoms with Crippen molar-refractivity contribution in [1.29, 1.82) is 0 Å². The molecule has 0 radical (unpaired) electrons. The summed E-state index contributed by atoms with van der Waals surface area (Å²) in [6.45, 7) is 4.00. The third-order valence-electron chi connectivity index (χ3n) is 1.34. The molecule has 0 atom stereocenters. The fourth-order valence-electron chi connectivity index (χ4n) is 0.844. The average molecular weight is 316 g/mol. The minimum atomic E-state index is -4.95. The molecule has 0 saturated carbocycles. The highest BCUT2D eigenvalue weighted by Crippen LogP contribution is 2.33. The standard InChI is InChI=1S/C7H3BrF3NO3.C2H6/c8-4-1-2-6(15-7(9,10)11)5(3-4)12(13)14;1-2/h1-3H;1-2H3. The topological polar surface area (TPSA) is 52.4 Å². The van der Waals surface area contributed by atoms with Crippen molar-refractivity contribution in [3.8, 4) is 5.75 Å². The van der Waals surface area contributed by atoms with E-state index >= 15 is 0 Å². The average Bonchev–Trinajstić information content (AvgIpc) is 2.21. The second-order valence-electron chi connectivity index (χ2n) is 2.42. The summed E-state index contributed by atoms with van der Waals surface area (Å²) < 4.78 is 39.3. The molecular weight excluding hydrogens is 307 g/mol. The Hall–Kier alpha value is -1.31. The van der Waals surface area contributed by atoms with Gasteiger partial charge in [0.2, 0.25) is 5.75 Å². The summed E-state index contributed by atoms with van der Waals surface area (Å²) >= 11 is 2.90. The number of rotatable bonds is 2. The molecule has 0 aliphatic carbocycles. The molecular formula is C9H9BrF3NO3. The first-order valence-corrected chi connectivity index (χ1v) is 5.28. The molecule has 0 heterocycles. The number of nitro groups is 1. The Labute approximate surface area is 104 Å². The van der Waals surface area contributed by atoms with Gasteiger partial charge in [0.25, 0.3) is 0 Å². The van der Waals surface area contributed by atoms with Gasteiger partial charge in [-0.25, -0.2) is 0 Å². The van der Waals surface area contributed by atoms with Crippen molar-refractivity contribution in [2.45, 2.75) is 20.2 Å². The quantitative estimate of drug-likeness (QED) is 0.604. The number of halogens is 4. The molecule has 0 aliphatic heterocycles. The fraction of sp³-hybridized carbons (Fsp3) is 0.333. The number of nitro benzene ring substituents is 1. The van der Waals surface area contributed by atoms with E-state index in [-0.39, 0.29) is 0 Å². The summed E-state index contributed by atoms with van der Waals surface area (Å²) in [5.41, 5.74) is -0.748. The lowest BCUT2D eigenvalue weighted by molar-refractivity contribution is -0.388. The summed E-state index contributed by atoms with van der Waals surface area (Å²) in [5.74, 6) is -0.837. The summed E-state index contributed by atoms with van der Waals surface area (Å²) in [7, 11) is 0. The van der Waals surface area contributed by atoms with Crippen molar-refractivity contribution in [3.05, 3.63) is 32.8 Å². The van der Waals surface area contributed by atoms with Gasteiger partial charge in [-0.2, -0.15) is 0 Å². The largest absolute Gasteiger partial charge is 0.573 e. The summed E-state index contributed by atoms with van der Waals surface area (Å²) in [6, 6.07) is 3.02. The molecule has 17 heavy (non-hydrogen) atoms. The first kappa shape index (κ1) is 15.7. The summed E-state index contributed by atoms with van der Waals surface area (Å²) in [5, 5.41) is 10.4. The molecule has 96 valence electrons. The van der Waals surface area contributed by atoms with Gasteiger partial charge in [0.1, 0.15) is 0 Å². The van der Waals surface area contributed by atoms with Crippen LogP contribution < -0.4 is 4.74 Å². The third-order valence-corrected chi connectivity index (χ3v) is 1.84. The summed E-state index contributed by atoms with van der Waals surface area (Å²) in [6.07, 6.45) is -4.95. The Kier molecular flexibility index (Phi) is 5.94. The normalized spacial score (nSPS) is 10.2. The van der Waals surface area contributed by atoms with Crippen LogP contribution in [0.25, 0.3) is 0 Å². The van der Waals surface area contributed by atoms with Crippen molar-refractivity contribution in [2.24, 2.45) is 0 Å². The molecule has 1 rings (SSSR count). The Balaban J connectivity index is 0.00000121. The van der Waals surface area contributed by atoms with Gasteiger partial charge in [0.05, 0.1) is 4.92 Å². The number of hydrogen-bond donors (Lipinski definition) is 0. The molecule has 0 N–H and O–H groups in total. The van der Waals surface area contributed by atoms with Crippen LogP contribution >= 0.6 is 15.9 Å². The van der Waals surface area contributed by atoms with Gasteiger partial charge in [-0.15, -0.1) is 13.2 Å². The molecule has 0 bridgehead atoms. The molecule has 0 aliphatic rings. The monoisotopic (exact) mass is 315 g/mol. The van der Waals surface area contributed by atoms with Gasteiger partial charge >= 0.3 is 12.0 Å². The highest BCUT2D eigenvalue weighted by Gasteiger charge is 2.34. The van der Waals surface area contributed by atoms with E-state index in [1.165, 1.54) is 6.07 Å². The smallest absolute Gasteiger partial charge is 0.398 e. The van der Waals surface area contributed by atoms with E-state index in [4.69, 9.17) is 0 Å². The van der Waals surface area contributed by atoms with Crippen molar-refractivity contribution >= 4 is 21.6 Å². The van der Waals surface area contributed by atoms with Gasteiger partial charge in [-0.1, -0.05) is 29.8 Å². The molecule has 0 unspecified atom stereocenters. The second kappa shape index (κ2) is 6.43. The summed E-state index contributed by atoms with van der Waals surface area (Å²) in [4.78, 5) is 9.44. The third kappa shape index (κ3) is 5.53. The first-order chi connectivity index (χ1) is 7.79. The number of hydrogen-bond acceptors (Lipinski definition) is 3. The highest BCUT2D eigenvalue weighted by atomic mass is 79.9. The zero-order valence-corrected chi connectivity index (χ0v) is 10.5. The minimum absolute atomic E-state index is 0.295. The number of nitrogens with zero attached hydrogens (tertiary/aromatic N) is 1. The van der Waals surface area contributed by atoms with E-state index < -0.39 is 22.7 Å². The van der Waals surface area contributed by atoms with Crippen LogP contribution in [-0.2, 0) is 0 Å². The zero-order chi connectivity index (χ0) is 13.6. The molecule has 1 aromatic carbocycles. The molecule has 0 fully saturated rings. The van der Waals surface area contributed by atoms with E-state index in [2.05, 4.69) is 20.7 Å². The predicted molar refractivity (Wildman–Crippen MR) is 58.8 cm³/mol. The van der Waals surface area contributed by atoms with E-state index in [0.29, 0.717) is 4.47 Å². The fourth-order valence-corrected chi connectivity index (χ4v) is 1.19. The Bertz CT molecular complexity index is 396. The molecule has 1 aromatic rings. The minimum Gasteiger partial charge on any atom is -0.398 e. The number of benzene rings is 1. The van der Waals surface area contributed by atoms with Crippen LogP contribution in [0.5, 0.6) is 5.75 Å². The van der Waals surface area contributed by atoms with Crippen molar-refractivity contribution < 1.29 is 22.8 Å². The lowest BCUT2D eigenvalue weighted by atomic mass is 10.3. The number of alkyl halides is 3. The zero-order valence-electron chi connectivity index (χ0n) is 8.92. The van der Waals surface area contributed by atoms with Crippen LogP contribution in [0.15, 0.2) is 22.7 Å². The van der Waals surface area contributed by atoms with E-state index in [1.54, 1.807) is 0 Å². The Morgan fingerprint density at radius 2 is 1.88 bits per heavy atom. The Morgan fingerprint density at radius 1 is 1.35 bits per heavy atom. The SMILES string of the molecule is CC.O=[N+]([O-])c1cc(Br)ccc1OC(F)(F)F. The molecule has 0 aromatic heterocycles. The molecule has 0 spiro atoms. The lowest BCUT2D eigenvalue weighted by Crippen LogP contribution is -2.17. The van der Waals surface area contributed by atoms with Gasteiger partial charge in [0, 0.05) is 10.5 Å². The molecule has 0 amide bonds. The van der Waals surface area contributed by atoms with Crippen LogP contribution in [-0.4, -0.2) is 11.3 Å². The number of ether oxygens (including phenoxy) is 1. The predicted octanol–water partition coefficient (Wildman–Crippen LogP) is 4.28.